The van der Waals surface area contributed by atoms with Gasteiger partial charge in [0.05, 0.1) is 6.61 Å². The summed E-state index contributed by atoms with van der Waals surface area (Å²) in [6.45, 7) is 1.58. The molecule has 3 heterocycles. The number of nitriles is 1. The van der Waals surface area contributed by atoms with Crippen LogP contribution in [0.4, 0.5) is 5.69 Å². The minimum absolute atomic E-state index is 0.231. The molecule has 0 saturated carbocycles. The van der Waals surface area contributed by atoms with Gasteiger partial charge >= 0.3 is 0 Å². The summed E-state index contributed by atoms with van der Waals surface area (Å²) >= 11 is 1.43. The number of anilines is 1. The van der Waals surface area contributed by atoms with E-state index in [1.54, 1.807) is 0 Å². The van der Waals surface area contributed by atoms with Crippen molar-refractivity contribution < 1.29 is 30.0 Å². The first kappa shape index (κ1) is 27.3. The molecule has 2 aliphatic rings. The Morgan fingerprint density at radius 1 is 1.05 bits per heavy atom. The maximum atomic E-state index is 12.8. The molecule has 0 spiro atoms. The predicted molar refractivity (Wildman–Crippen MR) is 149 cm³/mol. The van der Waals surface area contributed by atoms with E-state index in [0.717, 1.165) is 28.9 Å². The van der Waals surface area contributed by atoms with Crippen LogP contribution in [0.1, 0.15) is 24.1 Å². The number of fused-ring (bicyclic) bond motifs is 1. The number of amides is 1. The van der Waals surface area contributed by atoms with Gasteiger partial charge in [0.2, 0.25) is 0 Å². The molecule has 2 saturated heterocycles. The minimum atomic E-state index is -1.67. The number of hydrogen-bond acceptors (Lipinski definition) is 9. The van der Waals surface area contributed by atoms with E-state index in [1.807, 2.05) is 18.2 Å². The van der Waals surface area contributed by atoms with E-state index in [-0.39, 0.29) is 5.57 Å². The second-order valence-corrected chi connectivity index (χ2v) is 11.0. The largest absolute Gasteiger partial charge is 0.394 e. The van der Waals surface area contributed by atoms with Crippen molar-refractivity contribution in [3.8, 4) is 16.5 Å². The number of rotatable bonds is 6. The van der Waals surface area contributed by atoms with Gasteiger partial charge in [-0.05, 0) is 72.0 Å². The van der Waals surface area contributed by atoms with E-state index < -0.39 is 43.2 Å². The van der Waals surface area contributed by atoms with Crippen molar-refractivity contribution >= 4 is 39.8 Å². The van der Waals surface area contributed by atoms with E-state index in [9.17, 15) is 30.5 Å². The van der Waals surface area contributed by atoms with Crippen LogP contribution in [0.2, 0.25) is 0 Å². The molecule has 2 aliphatic heterocycles. The van der Waals surface area contributed by atoms with Crippen molar-refractivity contribution in [1.82, 2.24) is 5.32 Å². The SMILES string of the molecule is N#C/C(=C\c1ccc(-c2ccc3cc(N4CCCCC4)ccc3c2)s1)C(=O)N[C@H]1C(O)O[C@H](CO)[C@@H](O)[C@@H]1O. The second kappa shape index (κ2) is 11.8. The molecule has 5 atom stereocenters. The average molecular weight is 550 g/mol. The topological polar surface area (TPSA) is 146 Å². The molecule has 10 heteroatoms. The molecule has 9 nitrogen and oxygen atoms in total. The van der Waals surface area contributed by atoms with E-state index in [4.69, 9.17) is 4.74 Å². The molecule has 39 heavy (non-hydrogen) atoms. The van der Waals surface area contributed by atoms with Crippen LogP contribution in [0.25, 0.3) is 27.3 Å². The van der Waals surface area contributed by atoms with Crippen LogP contribution in [0.5, 0.6) is 0 Å². The summed E-state index contributed by atoms with van der Waals surface area (Å²) in [5.74, 6) is -0.830. The van der Waals surface area contributed by atoms with Gasteiger partial charge in [-0.2, -0.15) is 5.26 Å². The number of aliphatic hydroxyl groups is 4. The number of nitrogens with zero attached hydrogens (tertiary/aromatic N) is 2. The number of hydrogen-bond donors (Lipinski definition) is 5. The summed E-state index contributed by atoms with van der Waals surface area (Å²) in [6.07, 6.45) is -0.771. The van der Waals surface area contributed by atoms with Crippen LogP contribution in [0.3, 0.4) is 0 Å². The molecule has 5 N–H and O–H groups in total. The first-order chi connectivity index (χ1) is 18.9. The van der Waals surface area contributed by atoms with Gasteiger partial charge in [-0.1, -0.05) is 18.2 Å². The van der Waals surface area contributed by atoms with Gasteiger partial charge in [0.25, 0.3) is 5.91 Å². The van der Waals surface area contributed by atoms with Crippen LogP contribution in [-0.4, -0.2) is 76.7 Å². The Morgan fingerprint density at radius 3 is 2.54 bits per heavy atom. The fourth-order valence-corrected chi connectivity index (χ4v) is 6.04. The Bertz CT molecular complexity index is 1410. The lowest BCUT2D eigenvalue weighted by molar-refractivity contribution is -0.253. The van der Waals surface area contributed by atoms with E-state index in [1.165, 1.54) is 47.7 Å². The van der Waals surface area contributed by atoms with Crippen LogP contribution >= 0.6 is 11.3 Å². The van der Waals surface area contributed by atoms with Crippen molar-refractivity contribution in [2.75, 3.05) is 24.6 Å². The minimum Gasteiger partial charge on any atom is -0.394 e. The summed E-state index contributed by atoms with van der Waals surface area (Å²) in [6, 6.07) is 17.1. The molecular weight excluding hydrogens is 518 g/mol. The first-order valence-corrected chi connectivity index (χ1v) is 13.8. The maximum Gasteiger partial charge on any atom is 0.262 e. The molecular formula is C29H31N3O6S. The van der Waals surface area contributed by atoms with E-state index >= 15 is 0 Å². The highest BCUT2D eigenvalue weighted by atomic mass is 32.1. The van der Waals surface area contributed by atoms with Crippen molar-refractivity contribution in [3.63, 3.8) is 0 Å². The molecule has 0 aliphatic carbocycles. The third kappa shape index (κ3) is 5.84. The molecule has 1 aromatic heterocycles. The zero-order valence-electron chi connectivity index (χ0n) is 21.2. The van der Waals surface area contributed by atoms with Crippen molar-refractivity contribution in [1.29, 1.82) is 5.26 Å². The van der Waals surface area contributed by atoms with Gasteiger partial charge in [-0.15, -0.1) is 11.3 Å². The molecule has 0 radical (unpaired) electrons. The van der Waals surface area contributed by atoms with Crippen LogP contribution in [0.15, 0.2) is 54.1 Å². The van der Waals surface area contributed by atoms with Crippen molar-refractivity contribution in [2.45, 2.75) is 49.9 Å². The Hall–Kier alpha value is -3.30. The van der Waals surface area contributed by atoms with Crippen LogP contribution < -0.4 is 10.2 Å². The summed E-state index contributed by atoms with van der Waals surface area (Å²) in [5, 5.41) is 53.9. The summed E-state index contributed by atoms with van der Waals surface area (Å²) < 4.78 is 5.06. The van der Waals surface area contributed by atoms with E-state index in [2.05, 4.69) is 46.6 Å². The number of carbonyl (C=O) groups excluding carboxylic acids is 1. The number of carbonyl (C=O) groups is 1. The molecule has 2 fully saturated rings. The standard InChI is InChI=1S/C29H31N3O6S/c30-15-20(28(36)31-25-27(35)26(34)23(16-33)38-29(25)37)14-22-8-9-24(39-22)19-5-4-18-13-21(7-6-17(18)12-19)32-10-2-1-3-11-32/h4-9,12-14,23,25-27,29,33-35,37H,1-3,10-11,16H2,(H,31,36)/b20-14+/t23-,25-,26-,27-,29?/m1/s1. The fourth-order valence-electron chi connectivity index (χ4n) is 5.09. The quantitative estimate of drug-likeness (QED) is 0.233. The summed E-state index contributed by atoms with van der Waals surface area (Å²) in [4.78, 5) is 16.8. The fraction of sp³-hybridized carbons (Fsp3) is 0.379. The lowest BCUT2D eigenvalue weighted by Crippen LogP contribution is -2.64. The molecule has 3 aromatic rings. The monoisotopic (exact) mass is 549 g/mol. The number of aliphatic hydroxyl groups excluding tert-OH is 4. The number of nitrogens with one attached hydrogen (secondary N) is 1. The highest BCUT2D eigenvalue weighted by Crippen LogP contribution is 2.33. The normalized spacial score (nSPS) is 25.9. The maximum absolute atomic E-state index is 12.8. The second-order valence-electron chi connectivity index (χ2n) is 9.89. The molecule has 5 rings (SSSR count). The van der Waals surface area contributed by atoms with Gasteiger partial charge in [0.1, 0.15) is 36.0 Å². The molecule has 204 valence electrons. The van der Waals surface area contributed by atoms with Gasteiger partial charge < -0.3 is 35.4 Å². The Balaban J connectivity index is 1.30. The van der Waals surface area contributed by atoms with Gasteiger partial charge in [0, 0.05) is 28.5 Å². The molecule has 1 unspecified atom stereocenters. The third-order valence-corrected chi connectivity index (χ3v) is 8.39. The number of ether oxygens (including phenoxy) is 1. The van der Waals surface area contributed by atoms with Crippen LogP contribution in [-0.2, 0) is 9.53 Å². The zero-order valence-corrected chi connectivity index (χ0v) is 22.1. The smallest absolute Gasteiger partial charge is 0.262 e. The van der Waals surface area contributed by atoms with Gasteiger partial charge in [-0.3, -0.25) is 4.79 Å². The summed E-state index contributed by atoms with van der Waals surface area (Å²) in [7, 11) is 0. The third-order valence-electron chi connectivity index (χ3n) is 7.31. The first-order valence-electron chi connectivity index (χ1n) is 13.0. The lowest BCUT2D eigenvalue weighted by Gasteiger charge is -2.40. The average Bonchev–Trinajstić information content (AvgIpc) is 3.44. The Morgan fingerprint density at radius 2 is 1.79 bits per heavy atom. The van der Waals surface area contributed by atoms with Crippen molar-refractivity contribution in [2.24, 2.45) is 0 Å². The van der Waals surface area contributed by atoms with Gasteiger partial charge in [0.15, 0.2) is 6.29 Å². The number of benzene rings is 2. The lowest BCUT2D eigenvalue weighted by atomic mass is 9.97. The zero-order chi connectivity index (χ0) is 27.5. The molecule has 1 amide bonds. The van der Waals surface area contributed by atoms with Crippen LogP contribution in [0, 0.1) is 11.3 Å². The van der Waals surface area contributed by atoms with Gasteiger partial charge in [-0.25, -0.2) is 0 Å². The number of piperidine rings is 1. The molecule has 2 aromatic carbocycles. The van der Waals surface area contributed by atoms with Crippen molar-refractivity contribution in [3.05, 3.63) is 59.0 Å². The Kier molecular flexibility index (Phi) is 8.28. The molecule has 0 bridgehead atoms. The highest BCUT2D eigenvalue weighted by molar-refractivity contribution is 7.16. The Labute approximate surface area is 230 Å². The summed E-state index contributed by atoms with van der Waals surface area (Å²) in [5.41, 5.74) is 2.05. The predicted octanol–water partition coefficient (Wildman–Crippen LogP) is 2.38. The highest BCUT2D eigenvalue weighted by Gasteiger charge is 2.44. The van der Waals surface area contributed by atoms with E-state index in [0.29, 0.717) is 4.88 Å². The number of thiophene rings is 1.